The number of hydrogen-bond donors (Lipinski definition) is 1. The summed E-state index contributed by atoms with van der Waals surface area (Å²) in [4.78, 5) is -0.267. The number of nitrogens with one attached hydrogen (secondary N) is 1. The number of methoxy groups -OCH3 is 1. The highest BCUT2D eigenvalue weighted by atomic mass is 35.5. The Morgan fingerprint density at radius 3 is 2.70 bits per heavy atom. The second-order valence-corrected chi connectivity index (χ2v) is 7.24. The smallest absolute Gasteiger partial charge is 0.242 e. The summed E-state index contributed by atoms with van der Waals surface area (Å²) in [5, 5.41) is -0.0209. The van der Waals surface area contributed by atoms with Crippen molar-refractivity contribution in [2.75, 3.05) is 7.11 Å². The van der Waals surface area contributed by atoms with Gasteiger partial charge in [-0.25, -0.2) is 17.5 Å². The molecule has 0 radical (unpaired) electrons. The van der Waals surface area contributed by atoms with Crippen molar-refractivity contribution in [2.45, 2.75) is 24.3 Å². The van der Waals surface area contributed by atoms with Gasteiger partial charge in [0, 0.05) is 6.04 Å². The van der Waals surface area contributed by atoms with E-state index in [1.807, 2.05) is 24.3 Å². The third kappa shape index (κ3) is 4.67. The van der Waals surface area contributed by atoms with Crippen molar-refractivity contribution in [3.63, 3.8) is 0 Å². The van der Waals surface area contributed by atoms with Crippen LogP contribution in [0.25, 0.3) is 0 Å². The van der Waals surface area contributed by atoms with Gasteiger partial charge in [0.25, 0.3) is 0 Å². The second kappa shape index (κ2) is 7.29. The average Bonchev–Trinajstić information content (AvgIpc) is 2.49. The fraction of sp³-hybridized carbons (Fsp3) is 0.250. The number of halogens is 2. The van der Waals surface area contributed by atoms with E-state index in [0.29, 0.717) is 12.2 Å². The van der Waals surface area contributed by atoms with E-state index in [1.165, 1.54) is 6.07 Å². The lowest BCUT2D eigenvalue weighted by Crippen LogP contribution is -2.34. The van der Waals surface area contributed by atoms with Gasteiger partial charge in [-0.15, -0.1) is 0 Å². The molecule has 0 bridgehead atoms. The van der Waals surface area contributed by atoms with E-state index < -0.39 is 21.9 Å². The van der Waals surface area contributed by atoms with Crippen LogP contribution in [0.2, 0.25) is 5.02 Å². The molecular weight excluding hydrogens is 341 g/mol. The Bertz CT molecular complexity index is 796. The summed E-state index contributed by atoms with van der Waals surface area (Å²) in [5.74, 6) is 0.0426. The van der Waals surface area contributed by atoms with Crippen LogP contribution in [-0.2, 0) is 16.4 Å². The molecule has 0 heterocycles. The Morgan fingerprint density at radius 2 is 2.00 bits per heavy atom. The van der Waals surface area contributed by atoms with Gasteiger partial charge in [-0.3, -0.25) is 0 Å². The monoisotopic (exact) mass is 357 g/mol. The van der Waals surface area contributed by atoms with E-state index in [-0.39, 0.29) is 9.92 Å². The maximum Gasteiger partial charge on any atom is 0.242 e. The van der Waals surface area contributed by atoms with Crippen LogP contribution in [0.3, 0.4) is 0 Å². The maximum absolute atomic E-state index is 13.3. The number of rotatable bonds is 6. The van der Waals surface area contributed by atoms with Gasteiger partial charge >= 0.3 is 0 Å². The first kappa shape index (κ1) is 17.7. The first-order chi connectivity index (χ1) is 10.8. The zero-order valence-corrected chi connectivity index (χ0v) is 14.3. The summed E-state index contributed by atoms with van der Waals surface area (Å²) in [5.41, 5.74) is 0.921. The third-order valence-corrected chi connectivity index (χ3v) is 5.29. The number of sulfonamides is 1. The molecule has 7 heteroatoms. The minimum Gasteiger partial charge on any atom is -0.497 e. The highest BCUT2D eigenvalue weighted by Gasteiger charge is 2.21. The summed E-state index contributed by atoms with van der Waals surface area (Å²) in [6, 6.07) is 10.2. The SMILES string of the molecule is COc1cccc(CC(C)NS(=O)(=O)c2cc(F)ccc2Cl)c1. The topological polar surface area (TPSA) is 55.4 Å². The Morgan fingerprint density at radius 1 is 1.26 bits per heavy atom. The zero-order chi connectivity index (χ0) is 17.0. The number of hydrogen-bond acceptors (Lipinski definition) is 3. The summed E-state index contributed by atoms with van der Waals surface area (Å²) in [6.45, 7) is 1.73. The van der Waals surface area contributed by atoms with Crippen LogP contribution < -0.4 is 9.46 Å². The molecule has 1 atom stereocenters. The van der Waals surface area contributed by atoms with Gasteiger partial charge in [0.1, 0.15) is 16.5 Å². The molecule has 0 saturated heterocycles. The fourth-order valence-electron chi connectivity index (χ4n) is 2.21. The van der Waals surface area contributed by atoms with Crippen LogP contribution in [-0.4, -0.2) is 21.6 Å². The van der Waals surface area contributed by atoms with Gasteiger partial charge in [-0.2, -0.15) is 0 Å². The highest BCUT2D eigenvalue weighted by Crippen LogP contribution is 2.22. The van der Waals surface area contributed by atoms with Crippen molar-refractivity contribution in [3.05, 3.63) is 58.9 Å². The molecule has 0 fully saturated rings. The van der Waals surface area contributed by atoms with Crippen LogP contribution in [0.4, 0.5) is 4.39 Å². The van der Waals surface area contributed by atoms with E-state index in [2.05, 4.69) is 4.72 Å². The fourth-order valence-corrected chi connectivity index (χ4v) is 3.96. The quantitative estimate of drug-likeness (QED) is 0.862. The molecule has 0 aromatic heterocycles. The van der Waals surface area contributed by atoms with Crippen LogP contribution in [0, 0.1) is 5.82 Å². The van der Waals surface area contributed by atoms with E-state index in [1.54, 1.807) is 14.0 Å². The Balaban J connectivity index is 2.15. The van der Waals surface area contributed by atoms with Crippen LogP contribution >= 0.6 is 11.6 Å². The van der Waals surface area contributed by atoms with Gasteiger partial charge in [-0.05, 0) is 49.2 Å². The van der Waals surface area contributed by atoms with E-state index >= 15 is 0 Å². The minimum atomic E-state index is -3.90. The lowest BCUT2D eigenvalue weighted by molar-refractivity contribution is 0.414. The van der Waals surface area contributed by atoms with Gasteiger partial charge in [-0.1, -0.05) is 23.7 Å². The number of ether oxygens (including phenoxy) is 1. The summed E-state index contributed by atoms with van der Waals surface area (Å²) in [7, 11) is -2.34. The lowest BCUT2D eigenvalue weighted by Gasteiger charge is -2.15. The summed E-state index contributed by atoms with van der Waals surface area (Å²) < 4.78 is 45.6. The van der Waals surface area contributed by atoms with E-state index in [4.69, 9.17) is 16.3 Å². The molecule has 0 saturated carbocycles. The molecule has 0 amide bonds. The van der Waals surface area contributed by atoms with Crippen molar-refractivity contribution in [1.82, 2.24) is 4.72 Å². The van der Waals surface area contributed by atoms with E-state index in [9.17, 15) is 12.8 Å². The third-order valence-electron chi connectivity index (χ3n) is 3.22. The molecule has 1 unspecified atom stereocenters. The summed E-state index contributed by atoms with van der Waals surface area (Å²) in [6.07, 6.45) is 0.462. The molecule has 2 rings (SSSR count). The second-order valence-electron chi connectivity index (χ2n) is 5.15. The minimum absolute atomic E-state index is 0.0209. The molecule has 124 valence electrons. The molecule has 0 aliphatic heterocycles. The van der Waals surface area contributed by atoms with Crippen molar-refractivity contribution in [1.29, 1.82) is 0 Å². The van der Waals surface area contributed by atoms with Crippen molar-refractivity contribution in [3.8, 4) is 5.75 Å². The molecule has 0 aliphatic rings. The predicted molar refractivity (Wildman–Crippen MR) is 87.9 cm³/mol. The Labute approximate surface area is 140 Å². The van der Waals surface area contributed by atoms with Crippen molar-refractivity contribution >= 4 is 21.6 Å². The molecule has 2 aromatic carbocycles. The van der Waals surface area contributed by atoms with Gasteiger partial charge in [0.15, 0.2) is 0 Å². The van der Waals surface area contributed by atoms with Crippen LogP contribution in [0.15, 0.2) is 47.4 Å². The van der Waals surface area contributed by atoms with Crippen molar-refractivity contribution < 1.29 is 17.5 Å². The molecule has 1 N–H and O–H groups in total. The van der Waals surface area contributed by atoms with Crippen LogP contribution in [0.5, 0.6) is 5.75 Å². The molecule has 23 heavy (non-hydrogen) atoms. The molecular formula is C16H17ClFNO3S. The number of benzene rings is 2. The molecule has 4 nitrogen and oxygen atoms in total. The van der Waals surface area contributed by atoms with Gasteiger partial charge in [0.05, 0.1) is 12.1 Å². The normalized spacial score (nSPS) is 12.9. The molecule has 0 aliphatic carbocycles. The lowest BCUT2D eigenvalue weighted by atomic mass is 10.1. The molecule has 2 aromatic rings. The average molecular weight is 358 g/mol. The Kier molecular flexibility index (Phi) is 5.62. The first-order valence-corrected chi connectivity index (χ1v) is 8.78. The largest absolute Gasteiger partial charge is 0.497 e. The van der Waals surface area contributed by atoms with Crippen molar-refractivity contribution in [2.24, 2.45) is 0 Å². The van der Waals surface area contributed by atoms with Gasteiger partial charge < -0.3 is 4.74 Å². The summed E-state index contributed by atoms with van der Waals surface area (Å²) >= 11 is 5.86. The maximum atomic E-state index is 13.3. The van der Waals surface area contributed by atoms with Gasteiger partial charge in [0.2, 0.25) is 10.0 Å². The first-order valence-electron chi connectivity index (χ1n) is 6.92. The Hall–Kier alpha value is -1.63. The van der Waals surface area contributed by atoms with Crippen LogP contribution in [0.1, 0.15) is 12.5 Å². The molecule has 0 spiro atoms. The predicted octanol–water partition coefficient (Wildman–Crippen LogP) is 3.40. The van der Waals surface area contributed by atoms with E-state index in [0.717, 1.165) is 17.7 Å². The highest BCUT2D eigenvalue weighted by molar-refractivity contribution is 7.89. The standard InChI is InChI=1S/C16H17ClFNO3S/c1-11(8-12-4-3-5-14(9-12)22-2)19-23(20,21)16-10-13(18)6-7-15(16)17/h3-7,9-11,19H,8H2,1-2H3. The zero-order valence-electron chi connectivity index (χ0n) is 12.7.